The molecule has 0 aromatic heterocycles. The third-order valence-corrected chi connectivity index (χ3v) is 8.41. The molecule has 0 bridgehead atoms. The summed E-state index contributed by atoms with van der Waals surface area (Å²) in [5.41, 5.74) is 10.4. The maximum atomic E-state index is 3.74. The first-order valence-corrected chi connectivity index (χ1v) is 16.0. The van der Waals surface area contributed by atoms with Crippen LogP contribution in [0.1, 0.15) is 76.3 Å². The molecule has 0 saturated heterocycles. The molecule has 198 valence electrons. The molecule has 0 radical (unpaired) electrons. The number of hydrogen-bond acceptors (Lipinski definition) is 0. The highest BCUT2D eigenvalue weighted by Crippen LogP contribution is 2.40. The molecule has 0 N–H and O–H groups in total. The third-order valence-electron chi connectivity index (χ3n) is 7.42. The lowest BCUT2D eigenvalue weighted by Gasteiger charge is -2.16. The molecule has 4 aromatic rings. The summed E-state index contributed by atoms with van der Waals surface area (Å²) in [6, 6.07) is 31.8. The van der Waals surface area contributed by atoms with E-state index in [1.807, 2.05) is 0 Å². The lowest BCUT2D eigenvalue weighted by molar-refractivity contribution is 0.667. The highest BCUT2D eigenvalue weighted by Gasteiger charge is 2.14. The van der Waals surface area contributed by atoms with E-state index in [4.69, 9.17) is 0 Å². The van der Waals surface area contributed by atoms with E-state index in [0.717, 1.165) is 21.8 Å². The van der Waals surface area contributed by atoms with Gasteiger partial charge in [0.2, 0.25) is 0 Å². The Kier molecular flexibility index (Phi) is 11.3. The van der Waals surface area contributed by atoms with Crippen molar-refractivity contribution in [1.82, 2.24) is 0 Å². The lowest BCUT2D eigenvalue weighted by Crippen LogP contribution is -1.92. The van der Waals surface area contributed by atoms with E-state index >= 15 is 0 Å². The van der Waals surface area contributed by atoms with Gasteiger partial charge in [-0.15, -0.1) is 0 Å². The molecule has 0 aliphatic heterocycles. The van der Waals surface area contributed by atoms with Gasteiger partial charge in [0.1, 0.15) is 0 Å². The van der Waals surface area contributed by atoms with Crippen molar-refractivity contribution in [2.24, 2.45) is 0 Å². The monoisotopic (exact) mass is 630 g/mol. The summed E-state index contributed by atoms with van der Waals surface area (Å²) in [7, 11) is 0. The van der Waals surface area contributed by atoms with Crippen molar-refractivity contribution in [1.29, 1.82) is 0 Å². The molecule has 2 heteroatoms. The van der Waals surface area contributed by atoms with Gasteiger partial charge in [0, 0.05) is 8.95 Å². The molecule has 0 aliphatic rings. The molecule has 0 unspecified atom stereocenters. The fourth-order valence-electron chi connectivity index (χ4n) is 5.19. The van der Waals surface area contributed by atoms with Crippen molar-refractivity contribution < 1.29 is 0 Å². The topological polar surface area (TPSA) is 0 Å². The zero-order chi connectivity index (χ0) is 26.7. The molecule has 0 nitrogen and oxygen atoms in total. The SMILES string of the molecule is CCCCCCc1ccc(-c2cc(Br)ccc2-c2ccc(Br)cc2-c2ccc(CCCCCC)cc2)cc1. The molecule has 38 heavy (non-hydrogen) atoms. The predicted octanol–water partition coefficient (Wildman–Crippen LogP) is 12.5. The first-order valence-electron chi connectivity index (χ1n) is 14.4. The average Bonchev–Trinajstić information content (AvgIpc) is 2.94. The zero-order valence-electron chi connectivity index (χ0n) is 22.9. The summed E-state index contributed by atoms with van der Waals surface area (Å²) in [6.45, 7) is 4.54. The minimum absolute atomic E-state index is 1.10. The van der Waals surface area contributed by atoms with Crippen LogP contribution in [0.2, 0.25) is 0 Å². The molecule has 0 heterocycles. The third kappa shape index (κ3) is 7.93. The Morgan fingerprint density at radius 2 is 0.816 bits per heavy atom. The molecule has 0 atom stereocenters. The zero-order valence-corrected chi connectivity index (χ0v) is 26.1. The summed E-state index contributed by atoms with van der Waals surface area (Å²) >= 11 is 7.47. The van der Waals surface area contributed by atoms with Gasteiger partial charge in [0.15, 0.2) is 0 Å². The standard InChI is InChI=1S/C36H40Br2/c1-3-5-7-9-11-27-13-17-29(18-14-27)35-25-31(37)21-23-33(35)34-24-22-32(38)26-36(34)30-19-15-28(16-20-30)12-10-8-6-4-2/h13-26H,3-12H2,1-2H3. The van der Waals surface area contributed by atoms with Gasteiger partial charge in [-0.1, -0.05) is 145 Å². The van der Waals surface area contributed by atoms with Gasteiger partial charge >= 0.3 is 0 Å². The van der Waals surface area contributed by atoms with Crippen molar-refractivity contribution in [3.05, 3.63) is 105 Å². The summed E-state index contributed by atoms with van der Waals surface area (Å²) in [5.74, 6) is 0. The molecule has 4 rings (SSSR count). The van der Waals surface area contributed by atoms with E-state index in [2.05, 4.69) is 131 Å². The average molecular weight is 633 g/mol. The number of hydrogen-bond donors (Lipinski definition) is 0. The highest BCUT2D eigenvalue weighted by atomic mass is 79.9. The second-order valence-corrected chi connectivity index (χ2v) is 12.2. The quantitative estimate of drug-likeness (QED) is 0.129. The van der Waals surface area contributed by atoms with Gasteiger partial charge in [0.25, 0.3) is 0 Å². The predicted molar refractivity (Wildman–Crippen MR) is 174 cm³/mol. The van der Waals surface area contributed by atoms with Crippen LogP contribution >= 0.6 is 31.9 Å². The van der Waals surface area contributed by atoms with E-state index < -0.39 is 0 Å². The lowest BCUT2D eigenvalue weighted by atomic mass is 9.89. The second-order valence-electron chi connectivity index (χ2n) is 10.4. The molecule has 0 amide bonds. The highest BCUT2D eigenvalue weighted by molar-refractivity contribution is 9.10. The largest absolute Gasteiger partial charge is 0.0654 e. The summed E-state index contributed by atoms with van der Waals surface area (Å²) in [5, 5.41) is 0. The maximum absolute atomic E-state index is 3.74. The molecule has 4 aromatic carbocycles. The molecular formula is C36H40Br2. The van der Waals surface area contributed by atoms with Gasteiger partial charge in [-0.05, 0) is 94.5 Å². The van der Waals surface area contributed by atoms with Crippen molar-refractivity contribution in [3.8, 4) is 33.4 Å². The fraction of sp³-hybridized carbons (Fsp3) is 0.333. The Morgan fingerprint density at radius 3 is 1.18 bits per heavy atom. The van der Waals surface area contributed by atoms with Crippen LogP contribution in [0.5, 0.6) is 0 Å². The molecule has 0 spiro atoms. The van der Waals surface area contributed by atoms with Gasteiger partial charge in [0.05, 0.1) is 0 Å². The van der Waals surface area contributed by atoms with E-state index in [1.54, 1.807) is 0 Å². The van der Waals surface area contributed by atoms with Gasteiger partial charge < -0.3 is 0 Å². The molecule has 0 saturated carbocycles. The molecule has 0 fully saturated rings. The fourth-order valence-corrected chi connectivity index (χ4v) is 5.92. The number of rotatable bonds is 13. The number of benzene rings is 4. The molecular weight excluding hydrogens is 592 g/mol. The van der Waals surface area contributed by atoms with Crippen LogP contribution < -0.4 is 0 Å². The van der Waals surface area contributed by atoms with Crippen LogP contribution in [0.3, 0.4) is 0 Å². The van der Waals surface area contributed by atoms with E-state index in [0.29, 0.717) is 0 Å². The smallest absolute Gasteiger partial charge is 0.0181 e. The van der Waals surface area contributed by atoms with Gasteiger partial charge in [-0.3, -0.25) is 0 Å². The number of halogens is 2. The van der Waals surface area contributed by atoms with E-state index in [9.17, 15) is 0 Å². The Labute approximate surface area is 247 Å². The summed E-state index contributed by atoms with van der Waals surface area (Å²) in [6.07, 6.45) is 12.7. The first-order chi connectivity index (χ1) is 18.6. The minimum Gasteiger partial charge on any atom is -0.0654 e. The first kappa shape index (κ1) is 28.8. The summed E-state index contributed by atoms with van der Waals surface area (Å²) in [4.78, 5) is 0. The van der Waals surface area contributed by atoms with Crippen molar-refractivity contribution in [2.75, 3.05) is 0 Å². The Bertz CT molecular complexity index is 1180. The number of unbranched alkanes of at least 4 members (excludes halogenated alkanes) is 6. The maximum Gasteiger partial charge on any atom is 0.0181 e. The van der Waals surface area contributed by atoms with Gasteiger partial charge in [-0.25, -0.2) is 0 Å². The Morgan fingerprint density at radius 1 is 0.421 bits per heavy atom. The van der Waals surface area contributed by atoms with Crippen molar-refractivity contribution in [3.63, 3.8) is 0 Å². The van der Waals surface area contributed by atoms with Gasteiger partial charge in [-0.2, -0.15) is 0 Å². The van der Waals surface area contributed by atoms with Crippen molar-refractivity contribution in [2.45, 2.75) is 78.1 Å². The Balaban J connectivity index is 1.64. The molecule has 0 aliphatic carbocycles. The van der Waals surface area contributed by atoms with Crippen molar-refractivity contribution >= 4 is 31.9 Å². The van der Waals surface area contributed by atoms with Crippen LogP contribution in [0.25, 0.3) is 33.4 Å². The van der Waals surface area contributed by atoms with Crippen LogP contribution in [0.4, 0.5) is 0 Å². The van der Waals surface area contributed by atoms with E-state index in [-0.39, 0.29) is 0 Å². The number of aryl methyl sites for hydroxylation is 2. The summed E-state index contributed by atoms with van der Waals surface area (Å²) < 4.78 is 2.21. The normalized spacial score (nSPS) is 11.2. The Hall–Kier alpha value is -2.16. The van der Waals surface area contributed by atoms with E-state index in [1.165, 1.54) is 95.9 Å². The van der Waals surface area contributed by atoms with Crippen LogP contribution in [0, 0.1) is 0 Å². The minimum atomic E-state index is 1.10. The second kappa shape index (κ2) is 14.8. The van der Waals surface area contributed by atoms with Crippen LogP contribution in [0.15, 0.2) is 93.9 Å². The van der Waals surface area contributed by atoms with Crippen LogP contribution in [-0.2, 0) is 12.8 Å². The van der Waals surface area contributed by atoms with Crippen LogP contribution in [-0.4, -0.2) is 0 Å².